The van der Waals surface area contributed by atoms with Gasteiger partial charge in [-0.2, -0.15) is 13.2 Å². The van der Waals surface area contributed by atoms with E-state index in [1.807, 2.05) is 13.8 Å². The van der Waals surface area contributed by atoms with Crippen LogP contribution in [-0.4, -0.2) is 41.7 Å². The van der Waals surface area contributed by atoms with Crippen LogP contribution in [0.4, 0.5) is 23.2 Å². The largest absolute Gasteiger partial charge is 0.489 e. The molecule has 1 amide bonds. The van der Waals surface area contributed by atoms with E-state index in [0.29, 0.717) is 30.5 Å². The SMILES string of the molecule is COC(C)(C)COc1cnccc1CNC1=C(C(=S)Nc2cccc(F)c2C(F)(F)F)C(=O)NCC1. The van der Waals surface area contributed by atoms with E-state index in [1.54, 1.807) is 25.6 Å². The lowest BCUT2D eigenvalue weighted by Crippen LogP contribution is -2.39. The Kier molecular flexibility index (Phi) is 8.51. The van der Waals surface area contributed by atoms with Crippen LogP contribution < -0.4 is 20.7 Å². The molecule has 0 fully saturated rings. The molecule has 0 spiro atoms. The van der Waals surface area contributed by atoms with E-state index in [-0.39, 0.29) is 23.7 Å². The van der Waals surface area contributed by atoms with Gasteiger partial charge in [0.1, 0.15) is 28.7 Å². The fourth-order valence-electron chi connectivity index (χ4n) is 3.37. The highest BCUT2D eigenvalue weighted by atomic mass is 32.1. The monoisotopic (exact) mass is 526 g/mol. The van der Waals surface area contributed by atoms with Crippen LogP contribution in [0.3, 0.4) is 0 Å². The fourth-order valence-corrected chi connectivity index (χ4v) is 3.69. The lowest BCUT2D eigenvalue weighted by Gasteiger charge is -2.25. The van der Waals surface area contributed by atoms with Gasteiger partial charge >= 0.3 is 6.18 Å². The number of alkyl halides is 3. The quantitative estimate of drug-likeness (QED) is 0.331. The van der Waals surface area contributed by atoms with Gasteiger partial charge in [-0.3, -0.25) is 9.78 Å². The Labute approximate surface area is 211 Å². The predicted molar refractivity (Wildman–Crippen MR) is 130 cm³/mol. The Bertz CT molecular complexity index is 1170. The average Bonchev–Trinajstić information content (AvgIpc) is 2.81. The summed E-state index contributed by atoms with van der Waals surface area (Å²) in [7, 11) is 1.58. The topological polar surface area (TPSA) is 84.5 Å². The first-order valence-corrected chi connectivity index (χ1v) is 11.4. The van der Waals surface area contributed by atoms with Crippen LogP contribution >= 0.6 is 12.2 Å². The minimum atomic E-state index is -4.96. The first kappa shape index (κ1) is 27.3. The Morgan fingerprint density at radius 1 is 1.25 bits per heavy atom. The van der Waals surface area contributed by atoms with Crippen LogP contribution in [0, 0.1) is 5.82 Å². The molecule has 0 aliphatic carbocycles. The number of halogens is 4. The summed E-state index contributed by atoms with van der Waals surface area (Å²) in [6.07, 6.45) is -1.46. The van der Waals surface area contributed by atoms with E-state index in [1.165, 1.54) is 0 Å². The standard InChI is InChI=1S/C24H26F4N4O3S/c1-23(2,34-3)13-35-18-12-29-9-7-14(18)11-31-16-8-10-30-21(33)19(16)22(36)32-17-6-4-5-15(25)20(17)24(26,27)28/h4-7,9,12,31H,8,10-11,13H2,1-3H3,(H,30,33)(H,32,36). The maximum absolute atomic E-state index is 14.0. The number of hydrogen-bond acceptors (Lipinski definition) is 6. The maximum atomic E-state index is 14.0. The molecule has 0 atom stereocenters. The Balaban J connectivity index is 1.84. The second kappa shape index (κ2) is 11.2. The number of pyridine rings is 1. The van der Waals surface area contributed by atoms with Crippen molar-refractivity contribution in [1.82, 2.24) is 15.6 Å². The predicted octanol–water partition coefficient (Wildman–Crippen LogP) is 4.35. The lowest BCUT2D eigenvalue weighted by molar-refractivity contribution is -0.139. The van der Waals surface area contributed by atoms with Gasteiger partial charge in [-0.15, -0.1) is 0 Å². The zero-order chi connectivity index (χ0) is 26.5. The number of ether oxygens (including phenoxy) is 2. The molecule has 194 valence electrons. The van der Waals surface area contributed by atoms with Gasteiger partial charge in [-0.05, 0) is 32.0 Å². The van der Waals surface area contributed by atoms with Gasteiger partial charge < -0.3 is 25.4 Å². The molecule has 2 heterocycles. The van der Waals surface area contributed by atoms with Crippen molar-refractivity contribution in [2.24, 2.45) is 0 Å². The van der Waals surface area contributed by atoms with Gasteiger partial charge in [0.05, 0.1) is 23.1 Å². The fraction of sp³-hybridized carbons (Fsp3) is 0.375. The normalized spacial score (nSPS) is 14.4. The third kappa shape index (κ3) is 6.70. The Hall–Kier alpha value is -3.25. The molecular formula is C24H26F4N4O3S. The van der Waals surface area contributed by atoms with E-state index in [0.717, 1.165) is 17.7 Å². The number of amides is 1. The highest BCUT2D eigenvalue weighted by molar-refractivity contribution is 7.81. The molecule has 1 aromatic heterocycles. The molecule has 0 radical (unpaired) electrons. The Morgan fingerprint density at radius 3 is 2.69 bits per heavy atom. The first-order valence-electron chi connectivity index (χ1n) is 11.0. The van der Waals surface area contributed by atoms with Crippen molar-refractivity contribution in [1.29, 1.82) is 0 Å². The van der Waals surface area contributed by atoms with E-state index < -0.39 is 34.8 Å². The zero-order valence-corrected chi connectivity index (χ0v) is 20.7. The summed E-state index contributed by atoms with van der Waals surface area (Å²) in [5.74, 6) is -1.50. The van der Waals surface area contributed by atoms with Crippen molar-refractivity contribution in [2.75, 3.05) is 25.6 Å². The number of benzene rings is 1. The minimum absolute atomic E-state index is 0.0225. The van der Waals surface area contributed by atoms with E-state index in [9.17, 15) is 22.4 Å². The van der Waals surface area contributed by atoms with Gasteiger partial charge in [-0.1, -0.05) is 18.3 Å². The van der Waals surface area contributed by atoms with Gasteiger partial charge in [0.15, 0.2) is 0 Å². The third-order valence-electron chi connectivity index (χ3n) is 5.45. The van der Waals surface area contributed by atoms with Crippen LogP contribution in [-0.2, 0) is 22.3 Å². The number of methoxy groups -OCH3 is 1. The van der Waals surface area contributed by atoms with Gasteiger partial charge in [0.25, 0.3) is 5.91 Å². The summed E-state index contributed by atoms with van der Waals surface area (Å²) >= 11 is 5.28. The van der Waals surface area contributed by atoms with Crippen molar-refractivity contribution in [2.45, 2.75) is 38.6 Å². The van der Waals surface area contributed by atoms with E-state index >= 15 is 0 Å². The number of thiocarbonyl (C=S) groups is 1. The summed E-state index contributed by atoms with van der Waals surface area (Å²) < 4.78 is 65.4. The molecule has 1 aliphatic rings. The van der Waals surface area contributed by atoms with Crippen LogP contribution in [0.5, 0.6) is 5.75 Å². The molecule has 0 saturated heterocycles. The molecule has 1 aliphatic heterocycles. The summed E-state index contributed by atoms with van der Waals surface area (Å²) in [5.41, 5.74) is -1.45. The van der Waals surface area contributed by atoms with Crippen molar-refractivity contribution < 1.29 is 31.8 Å². The zero-order valence-electron chi connectivity index (χ0n) is 19.9. The second-order valence-corrected chi connectivity index (χ2v) is 8.97. The van der Waals surface area contributed by atoms with Crippen molar-refractivity contribution in [3.63, 3.8) is 0 Å². The van der Waals surface area contributed by atoms with Crippen LogP contribution in [0.1, 0.15) is 31.4 Å². The molecular weight excluding hydrogens is 500 g/mol. The summed E-state index contributed by atoms with van der Waals surface area (Å²) in [5, 5.41) is 8.18. The molecule has 3 rings (SSSR count). The molecule has 1 aromatic carbocycles. The van der Waals surface area contributed by atoms with Crippen molar-refractivity contribution in [3.8, 4) is 5.75 Å². The minimum Gasteiger partial charge on any atom is -0.489 e. The van der Waals surface area contributed by atoms with Crippen molar-refractivity contribution >= 4 is 28.8 Å². The summed E-state index contributed by atoms with van der Waals surface area (Å²) in [4.78, 5) is 16.4. The smallest absolute Gasteiger partial charge is 0.421 e. The Morgan fingerprint density at radius 2 is 2.00 bits per heavy atom. The molecule has 12 heteroatoms. The average molecular weight is 527 g/mol. The summed E-state index contributed by atoms with van der Waals surface area (Å²) in [6, 6.07) is 4.62. The summed E-state index contributed by atoms with van der Waals surface area (Å²) in [6.45, 7) is 4.55. The van der Waals surface area contributed by atoms with Crippen molar-refractivity contribution in [3.05, 3.63) is 64.9 Å². The first-order chi connectivity index (χ1) is 16.9. The number of anilines is 1. The second-order valence-electron chi connectivity index (χ2n) is 8.56. The highest BCUT2D eigenvalue weighted by Gasteiger charge is 2.37. The number of carbonyl (C=O) groups is 1. The number of hydrogen-bond donors (Lipinski definition) is 3. The third-order valence-corrected chi connectivity index (χ3v) is 5.76. The molecule has 3 N–H and O–H groups in total. The van der Waals surface area contributed by atoms with Crippen LogP contribution in [0.15, 0.2) is 47.9 Å². The number of carbonyl (C=O) groups excluding carboxylic acids is 1. The molecule has 36 heavy (non-hydrogen) atoms. The molecule has 0 bridgehead atoms. The van der Waals surface area contributed by atoms with Crippen LogP contribution in [0.25, 0.3) is 0 Å². The van der Waals surface area contributed by atoms with E-state index in [4.69, 9.17) is 21.7 Å². The highest BCUT2D eigenvalue weighted by Crippen LogP contribution is 2.37. The molecule has 7 nitrogen and oxygen atoms in total. The number of rotatable bonds is 9. The van der Waals surface area contributed by atoms with Gasteiger partial charge in [-0.25, -0.2) is 4.39 Å². The molecule has 0 unspecified atom stereocenters. The number of aromatic nitrogens is 1. The van der Waals surface area contributed by atoms with Crippen LogP contribution in [0.2, 0.25) is 0 Å². The lowest BCUT2D eigenvalue weighted by atomic mass is 10.0. The number of nitrogens with one attached hydrogen (secondary N) is 3. The molecule has 0 saturated carbocycles. The van der Waals surface area contributed by atoms with Gasteiger partial charge in [0, 0.05) is 44.1 Å². The maximum Gasteiger partial charge on any atom is 0.421 e. The number of nitrogens with zero attached hydrogens (tertiary/aromatic N) is 1. The molecule has 2 aromatic rings. The van der Waals surface area contributed by atoms with E-state index in [2.05, 4.69) is 20.9 Å². The van der Waals surface area contributed by atoms with Gasteiger partial charge in [0.2, 0.25) is 0 Å².